The molecule has 1 amide bonds. The first-order valence-corrected chi connectivity index (χ1v) is 11.8. The molecule has 1 aliphatic rings. The minimum absolute atomic E-state index is 0.160. The molecule has 172 valence electrons. The van der Waals surface area contributed by atoms with Gasteiger partial charge in [-0.15, -0.1) is 11.3 Å². The van der Waals surface area contributed by atoms with Gasteiger partial charge in [-0.1, -0.05) is 23.7 Å². The van der Waals surface area contributed by atoms with Gasteiger partial charge in [0.1, 0.15) is 5.00 Å². The summed E-state index contributed by atoms with van der Waals surface area (Å²) in [6, 6.07) is 7.90. The van der Waals surface area contributed by atoms with Gasteiger partial charge in [0.25, 0.3) is 5.91 Å². The molecular weight excluding hydrogens is 468 g/mol. The number of nitrogens with zero attached hydrogens (tertiary/aromatic N) is 3. The Kier molecular flexibility index (Phi) is 8.10. The molecule has 1 saturated heterocycles. The van der Waals surface area contributed by atoms with Crippen LogP contribution in [0.15, 0.2) is 24.3 Å². The Hall–Kier alpha value is -2.20. The average Bonchev–Trinajstić information content (AvgIpc) is 3.10. The highest BCUT2D eigenvalue weighted by molar-refractivity contribution is 7.80. The van der Waals surface area contributed by atoms with Crippen LogP contribution in [0.4, 0.5) is 5.00 Å². The lowest BCUT2D eigenvalue weighted by molar-refractivity contribution is 0.0601. The fraction of sp³-hybridized carbons (Fsp3) is 0.409. The van der Waals surface area contributed by atoms with Crippen LogP contribution >= 0.6 is 35.2 Å². The summed E-state index contributed by atoms with van der Waals surface area (Å²) >= 11 is 12.8. The van der Waals surface area contributed by atoms with Crippen molar-refractivity contribution in [3.05, 3.63) is 50.9 Å². The number of amides is 1. The Morgan fingerprint density at radius 1 is 1.19 bits per heavy atom. The van der Waals surface area contributed by atoms with Crippen LogP contribution in [0.25, 0.3) is 0 Å². The number of halogens is 1. The zero-order valence-corrected chi connectivity index (χ0v) is 21.0. The molecule has 3 rings (SSSR count). The van der Waals surface area contributed by atoms with E-state index >= 15 is 0 Å². The Morgan fingerprint density at radius 2 is 1.81 bits per heavy atom. The lowest BCUT2D eigenvalue weighted by Gasteiger charge is -2.36. The van der Waals surface area contributed by atoms with E-state index in [9.17, 15) is 9.59 Å². The monoisotopic (exact) mass is 494 g/mol. The van der Waals surface area contributed by atoms with Crippen LogP contribution in [-0.2, 0) is 11.3 Å². The number of carbonyl (C=O) groups excluding carboxylic acids is 2. The van der Waals surface area contributed by atoms with Crippen LogP contribution in [-0.4, -0.2) is 79.1 Å². The van der Waals surface area contributed by atoms with Crippen molar-refractivity contribution in [2.75, 3.05) is 52.7 Å². The third-order valence-corrected chi connectivity index (χ3v) is 7.14. The van der Waals surface area contributed by atoms with E-state index in [-0.39, 0.29) is 5.91 Å². The highest BCUT2D eigenvalue weighted by Crippen LogP contribution is 2.34. The molecule has 0 saturated carbocycles. The van der Waals surface area contributed by atoms with Crippen molar-refractivity contribution in [3.63, 3.8) is 0 Å². The van der Waals surface area contributed by atoms with E-state index in [2.05, 4.69) is 15.1 Å². The van der Waals surface area contributed by atoms with Crippen molar-refractivity contribution in [2.24, 2.45) is 0 Å². The van der Waals surface area contributed by atoms with Crippen molar-refractivity contribution >= 4 is 57.1 Å². The first-order chi connectivity index (χ1) is 15.2. The largest absolute Gasteiger partial charge is 0.465 e. The molecule has 0 aliphatic carbocycles. The van der Waals surface area contributed by atoms with Crippen LogP contribution in [0.5, 0.6) is 0 Å². The molecule has 0 unspecified atom stereocenters. The highest BCUT2D eigenvalue weighted by Gasteiger charge is 2.28. The van der Waals surface area contributed by atoms with Crippen LogP contribution in [0.2, 0.25) is 5.02 Å². The molecule has 0 bridgehead atoms. The molecule has 2 aromatic rings. The van der Waals surface area contributed by atoms with Crippen molar-refractivity contribution in [1.82, 2.24) is 14.7 Å². The third kappa shape index (κ3) is 5.58. The number of anilines is 1. The Balaban J connectivity index is 1.67. The first kappa shape index (κ1) is 24.4. The molecule has 1 aliphatic heterocycles. The van der Waals surface area contributed by atoms with Crippen molar-refractivity contribution < 1.29 is 14.3 Å². The number of thiocarbonyl (C=S) groups is 1. The van der Waals surface area contributed by atoms with Gasteiger partial charge in [0.2, 0.25) is 0 Å². The summed E-state index contributed by atoms with van der Waals surface area (Å²) in [6.45, 7) is 5.87. The molecule has 10 heteroatoms. The smallest absolute Gasteiger partial charge is 0.341 e. The molecule has 1 aromatic carbocycles. The fourth-order valence-corrected chi connectivity index (χ4v) is 5.18. The van der Waals surface area contributed by atoms with Crippen LogP contribution in [0, 0.1) is 6.92 Å². The van der Waals surface area contributed by atoms with Gasteiger partial charge in [-0.3, -0.25) is 9.69 Å². The zero-order chi connectivity index (χ0) is 23.4. The minimum atomic E-state index is -0.491. The minimum Gasteiger partial charge on any atom is -0.465 e. The van der Waals surface area contributed by atoms with E-state index in [1.807, 2.05) is 24.3 Å². The molecule has 0 radical (unpaired) electrons. The number of thiophene rings is 1. The molecule has 1 N–H and O–H groups in total. The molecule has 2 heterocycles. The number of rotatable bonds is 5. The van der Waals surface area contributed by atoms with Crippen molar-refractivity contribution in [3.8, 4) is 0 Å². The van der Waals surface area contributed by atoms with Gasteiger partial charge in [0.15, 0.2) is 5.11 Å². The molecular formula is C22H27ClN4O3S2. The number of carbonyl (C=O) groups is 2. The van der Waals surface area contributed by atoms with Crippen molar-refractivity contribution in [2.45, 2.75) is 13.5 Å². The van der Waals surface area contributed by atoms with E-state index < -0.39 is 5.97 Å². The molecule has 0 atom stereocenters. The topological polar surface area (TPSA) is 65.1 Å². The number of ether oxygens (including phenoxy) is 1. The Bertz CT molecular complexity index is 999. The second-order valence-electron chi connectivity index (χ2n) is 7.77. The summed E-state index contributed by atoms with van der Waals surface area (Å²) in [5.41, 5.74) is 2.17. The lowest BCUT2D eigenvalue weighted by Crippen LogP contribution is -2.49. The van der Waals surface area contributed by atoms with Gasteiger partial charge < -0.3 is 19.9 Å². The fourth-order valence-electron chi connectivity index (χ4n) is 3.49. The lowest BCUT2D eigenvalue weighted by atomic mass is 10.1. The van der Waals surface area contributed by atoms with Gasteiger partial charge in [-0.2, -0.15) is 0 Å². The summed E-state index contributed by atoms with van der Waals surface area (Å²) < 4.78 is 4.95. The maximum Gasteiger partial charge on any atom is 0.341 e. The number of methoxy groups -OCH3 is 1. The van der Waals surface area contributed by atoms with Crippen molar-refractivity contribution in [1.29, 1.82) is 0 Å². The zero-order valence-electron chi connectivity index (χ0n) is 18.6. The Labute approximate surface area is 202 Å². The first-order valence-electron chi connectivity index (χ1n) is 10.2. The normalized spacial score (nSPS) is 14.2. The van der Waals surface area contributed by atoms with Crippen LogP contribution in [0.3, 0.4) is 0 Å². The second kappa shape index (κ2) is 10.6. The number of hydrogen-bond acceptors (Lipinski definition) is 6. The summed E-state index contributed by atoms with van der Waals surface area (Å²) in [6.07, 6.45) is 0. The third-order valence-electron chi connectivity index (χ3n) is 5.34. The van der Waals surface area contributed by atoms with E-state index in [0.717, 1.165) is 37.7 Å². The summed E-state index contributed by atoms with van der Waals surface area (Å²) in [5, 5.41) is 5.00. The maximum atomic E-state index is 12.5. The number of piperazine rings is 1. The maximum absolute atomic E-state index is 12.5. The standard InChI is InChI=1S/C22H27ClN4O3S2/c1-14-17(21(29)30-4)19(32-18(14)20(28)25(2)3)24-22(31)27-11-9-26(10-12-27)13-15-5-7-16(23)8-6-15/h5-8H,9-13H2,1-4H3,(H,24,31). The quantitative estimate of drug-likeness (QED) is 0.502. The summed E-state index contributed by atoms with van der Waals surface area (Å²) in [7, 11) is 4.69. The number of hydrogen-bond donors (Lipinski definition) is 1. The Morgan fingerprint density at radius 3 is 2.38 bits per heavy atom. The number of benzene rings is 1. The predicted octanol–water partition coefficient (Wildman–Crippen LogP) is 3.71. The van der Waals surface area contributed by atoms with Gasteiger partial charge in [-0.25, -0.2) is 4.79 Å². The van der Waals surface area contributed by atoms with Gasteiger partial charge >= 0.3 is 5.97 Å². The van der Waals surface area contributed by atoms with E-state index in [1.54, 1.807) is 21.0 Å². The second-order valence-corrected chi connectivity index (χ2v) is 9.62. The average molecular weight is 495 g/mol. The van der Waals surface area contributed by atoms with E-state index in [1.165, 1.54) is 28.9 Å². The SMILES string of the molecule is COC(=O)c1c(NC(=S)N2CCN(Cc3ccc(Cl)cc3)CC2)sc(C(=O)N(C)C)c1C. The van der Waals surface area contributed by atoms with Gasteiger partial charge in [0.05, 0.1) is 17.6 Å². The highest BCUT2D eigenvalue weighted by atomic mass is 35.5. The van der Waals surface area contributed by atoms with E-state index in [4.69, 9.17) is 28.6 Å². The van der Waals surface area contributed by atoms with Crippen LogP contribution < -0.4 is 5.32 Å². The van der Waals surface area contributed by atoms with E-state index in [0.29, 0.717) is 26.1 Å². The molecule has 7 nitrogen and oxygen atoms in total. The predicted molar refractivity (Wildman–Crippen MR) is 133 cm³/mol. The molecule has 32 heavy (non-hydrogen) atoms. The summed E-state index contributed by atoms with van der Waals surface area (Å²) in [4.78, 5) is 31.4. The number of esters is 1. The van der Waals surface area contributed by atoms with Gasteiger partial charge in [0, 0.05) is 51.8 Å². The van der Waals surface area contributed by atoms with Gasteiger partial charge in [-0.05, 0) is 42.4 Å². The summed E-state index contributed by atoms with van der Waals surface area (Å²) in [5.74, 6) is -0.651. The molecule has 0 spiro atoms. The van der Waals surface area contributed by atoms with Crippen LogP contribution in [0.1, 0.15) is 31.2 Å². The molecule has 1 aromatic heterocycles. The number of nitrogens with one attached hydrogen (secondary N) is 1. The molecule has 1 fully saturated rings.